The van der Waals surface area contributed by atoms with Gasteiger partial charge in [0.25, 0.3) is 23.9 Å². The second-order valence-corrected chi connectivity index (χ2v) is 2.08. The van der Waals surface area contributed by atoms with Crippen LogP contribution >= 0.6 is 0 Å². The van der Waals surface area contributed by atoms with E-state index in [-0.39, 0.29) is 0 Å². The quantitative estimate of drug-likeness (QED) is 0.497. The zero-order chi connectivity index (χ0) is 20.3. The summed E-state index contributed by atoms with van der Waals surface area (Å²) in [5.41, 5.74) is 0. The number of carbonyl (C=O) groups is 4. The van der Waals surface area contributed by atoms with E-state index < -0.39 is 23.9 Å². The smallest absolute Gasteiger partial charge is 0.300 e. The first-order valence-electron chi connectivity index (χ1n) is 5.21. The first-order chi connectivity index (χ1) is 9.93. The molecule has 0 rings (SSSR count). The van der Waals surface area contributed by atoms with Crippen LogP contribution in [0.1, 0.15) is 27.7 Å². The maximum absolute atomic E-state index is 9.00. The average molecular weight is 324 g/mol. The molecule has 0 unspecified atom stereocenters. The van der Waals surface area contributed by atoms with Crippen molar-refractivity contribution in [3.8, 4) is 0 Å². The molecule has 0 amide bonds. The minimum atomic E-state index is -0.833. The molecule has 0 aromatic carbocycles. The largest absolute Gasteiger partial charge is 0.481 e. The van der Waals surface area contributed by atoms with E-state index in [9.17, 15) is 0 Å². The van der Waals surface area contributed by atoms with E-state index in [4.69, 9.17) is 39.6 Å². The van der Waals surface area contributed by atoms with E-state index in [2.05, 4.69) is 39.5 Å². The van der Waals surface area contributed by atoms with Crippen molar-refractivity contribution < 1.29 is 39.6 Å². The lowest BCUT2D eigenvalue weighted by Gasteiger charge is -1.59. The second kappa shape index (κ2) is 63.9. The zero-order valence-corrected chi connectivity index (χ0v) is 13.7. The molecule has 0 bridgehead atoms. The third-order valence-corrected chi connectivity index (χ3v) is 0. The SMILES string of the molecule is C=C.C=C.C=C.CC(=O)O.CC(=O)O.CC(=O)O.CC(=O)O. The van der Waals surface area contributed by atoms with Gasteiger partial charge in [-0.25, -0.2) is 0 Å². The molecule has 0 aliphatic heterocycles. The van der Waals surface area contributed by atoms with Gasteiger partial charge in [0.2, 0.25) is 0 Å². The van der Waals surface area contributed by atoms with Gasteiger partial charge in [-0.2, -0.15) is 0 Å². The van der Waals surface area contributed by atoms with Crippen LogP contribution in [0, 0.1) is 0 Å². The Morgan fingerprint density at radius 3 is 0.455 bits per heavy atom. The van der Waals surface area contributed by atoms with Crippen LogP contribution < -0.4 is 0 Å². The number of rotatable bonds is 0. The number of aliphatic carboxylic acids is 4. The molecule has 0 aromatic rings. The van der Waals surface area contributed by atoms with Crippen molar-refractivity contribution in [1.82, 2.24) is 0 Å². The van der Waals surface area contributed by atoms with E-state index in [0.29, 0.717) is 0 Å². The molecule has 132 valence electrons. The molecule has 0 spiro atoms. The Kier molecular flexibility index (Phi) is 124. The van der Waals surface area contributed by atoms with E-state index in [1.165, 1.54) is 0 Å². The summed E-state index contributed by atoms with van der Waals surface area (Å²) in [6, 6.07) is 0. The molecule has 0 radical (unpaired) electrons. The summed E-state index contributed by atoms with van der Waals surface area (Å²) in [6.07, 6.45) is 0. The fourth-order valence-electron chi connectivity index (χ4n) is 0. The van der Waals surface area contributed by atoms with Gasteiger partial charge in [0, 0.05) is 27.7 Å². The van der Waals surface area contributed by atoms with Crippen LogP contribution in [0.4, 0.5) is 0 Å². The Bertz CT molecular complexity index is 193. The van der Waals surface area contributed by atoms with Gasteiger partial charge < -0.3 is 20.4 Å². The minimum absolute atomic E-state index is 0.833. The van der Waals surface area contributed by atoms with E-state index >= 15 is 0 Å². The van der Waals surface area contributed by atoms with Gasteiger partial charge in [0.15, 0.2) is 0 Å². The van der Waals surface area contributed by atoms with Crippen molar-refractivity contribution in [1.29, 1.82) is 0 Å². The minimum Gasteiger partial charge on any atom is -0.481 e. The summed E-state index contributed by atoms with van der Waals surface area (Å²) in [5.74, 6) is -3.33. The molecule has 4 N–H and O–H groups in total. The third-order valence-electron chi connectivity index (χ3n) is 0. The van der Waals surface area contributed by atoms with Crippen molar-refractivity contribution in [2.24, 2.45) is 0 Å². The van der Waals surface area contributed by atoms with Gasteiger partial charge in [0.05, 0.1) is 0 Å². The predicted molar refractivity (Wildman–Crippen MR) is 87.0 cm³/mol. The van der Waals surface area contributed by atoms with Crippen molar-refractivity contribution in [3.05, 3.63) is 39.5 Å². The molecule has 0 aromatic heterocycles. The van der Waals surface area contributed by atoms with Gasteiger partial charge in [-0.15, -0.1) is 39.5 Å². The van der Waals surface area contributed by atoms with Crippen LogP contribution in [0.5, 0.6) is 0 Å². The van der Waals surface area contributed by atoms with E-state index in [0.717, 1.165) is 27.7 Å². The normalized spacial score (nSPS) is 5.09. The highest BCUT2D eigenvalue weighted by Crippen LogP contribution is 1.43. The Hall–Kier alpha value is -2.90. The summed E-state index contributed by atoms with van der Waals surface area (Å²) in [7, 11) is 0. The van der Waals surface area contributed by atoms with Crippen molar-refractivity contribution in [3.63, 3.8) is 0 Å². The van der Waals surface area contributed by atoms with Crippen LogP contribution in [-0.4, -0.2) is 44.3 Å². The monoisotopic (exact) mass is 324 g/mol. The molecular weight excluding hydrogens is 296 g/mol. The maximum atomic E-state index is 9.00. The van der Waals surface area contributed by atoms with Crippen LogP contribution in [0.3, 0.4) is 0 Å². The molecule has 0 saturated carbocycles. The number of carboxylic acid groups (broad SMARTS) is 4. The second-order valence-electron chi connectivity index (χ2n) is 2.08. The molecule has 22 heavy (non-hydrogen) atoms. The topological polar surface area (TPSA) is 149 Å². The highest BCUT2D eigenvalue weighted by Gasteiger charge is 1.66. The van der Waals surface area contributed by atoms with Crippen LogP contribution in [0.25, 0.3) is 0 Å². The first-order valence-corrected chi connectivity index (χ1v) is 5.21. The van der Waals surface area contributed by atoms with Gasteiger partial charge in [-0.1, -0.05) is 0 Å². The Morgan fingerprint density at radius 1 is 0.455 bits per heavy atom. The summed E-state index contributed by atoms with van der Waals surface area (Å²) < 4.78 is 0. The average Bonchev–Trinajstić information content (AvgIpc) is 2.33. The Labute approximate surface area is 131 Å². The summed E-state index contributed by atoms with van der Waals surface area (Å²) in [6.45, 7) is 22.3. The maximum Gasteiger partial charge on any atom is 0.300 e. The molecule has 0 atom stereocenters. The highest BCUT2D eigenvalue weighted by atomic mass is 16.4. The number of hydrogen-bond donors (Lipinski definition) is 4. The predicted octanol–water partition coefficient (Wildman–Crippen LogP) is 2.77. The molecule has 8 nitrogen and oxygen atoms in total. The number of carboxylic acids is 4. The molecule has 0 aliphatic rings. The van der Waals surface area contributed by atoms with Crippen molar-refractivity contribution >= 4 is 23.9 Å². The first kappa shape index (κ1) is 42.7. The lowest BCUT2D eigenvalue weighted by molar-refractivity contribution is -0.135. The van der Waals surface area contributed by atoms with Gasteiger partial charge in [-0.05, 0) is 0 Å². The van der Waals surface area contributed by atoms with Gasteiger partial charge in [0.1, 0.15) is 0 Å². The molecule has 8 heteroatoms. The fraction of sp³-hybridized carbons (Fsp3) is 0.286. The van der Waals surface area contributed by atoms with Crippen LogP contribution in [0.2, 0.25) is 0 Å². The molecule has 0 saturated heterocycles. The Morgan fingerprint density at radius 2 is 0.455 bits per heavy atom. The lowest BCUT2D eigenvalue weighted by atomic mass is 10.9. The van der Waals surface area contributed by atoms with Crippen LogP contribution in [0.15, 0.2) is 39.5 Å². The van der Waals surface area contributed by atoms with Crippen LogP contribution in [-0.2, 0) is 19.2 Å². The van der Waals surface area contributed by atoms with Crippen molar-refractivity contribution in [2.75, 3.05) is 0 Å². The fourth-order valence-corrected chi connectivity index (χ4v) is 0. The molecule has 0 fully saturated rings. The van der Waals surface area contributed by atoms with Crippen molar-refractivity contribution in [2.45, 2.75) is 27.7 Å². The summed E-state index contributed by atoms with van der Waals surface area (Å²) in [5, 5.41) is 29.7. The van der Waals surface area contributed by atoms with E-state index in [1.807, 2.05) is 0 Å². The lowest BCUT2D eigenvalue weighted by Crippen LogP contribution is -1.78. The summed E-state index contributed by atoms with van der Waals surface area (Å²) >= 11 is 0. The summed E-state index contributed by atoms with van der Waals surface area (Å²) in [4.78, 5) is 36.0. The van der Waals surface area contributed by atoms with Gasteiger partial charge >= 0.3 is 0 Å². The van der Waals surface area contributed by atoms with Gasteiger partial charge in [-0.3, -0.25) is 19.2 Å². The zero-order valence-electron chi connectivity index (χ0n) is 13.7. The van der Waals surface area contributed by atoms with E-state index in [1.54, 1.807) is 0 Å². The molecular formula is C14H28O8. The highest BCUT2D eigenvalue weighted by molar-refractivity contribution is 5.63. The standard InChI is InChI=1S/4C2H4O2.3C2H4/c4*1-2(3)4;3*1-2/h4*1H3,(H,3,4);3*1-2H2. The molecule has 0 aliphatic carbocycles. The number of hydrogen-bond acceptors (Lipinski definition) is 4. The Balaban J connectivity index is -0.0000000245. The third kappa shape index (κ3) is 527. The molecule has 0 heterocycles.